The first-order chi connectivity index (χ1) is 13.9. The summed E-state index contributed by atoms with van der Waals surface area (Å²) >= 11 is 1.72. The van der Waals surface area contributed by atoms with Gasteiger partial charge in [-0.15, -0.1) is 17.9 Å². The Morgan fingerprint density at radius 1 is 1.28 bits per heavy atom. The van der Waals surface area contributed by atoms with E-state index in [0.29, 0.717) is 19.5 Å². The van der Waals surface area contributed by atoms with Crippen LogP contribution in [0.15, 0.2) is 54.4 Å². The Morgan fingerprint density at radius 3 is 2.66 bits per heavy atom. The quantitative estimate of drug-likeness (QED) is 0.682. The number of rotatable bonds is 7. The highest BCUT2D eigenvalue weighted by atomic mass is 32.1. The smallest absolute Gasteiger partial charge is 0.228 e. The van der Waals surface area contributed by atoms with Gasteiger partial charge in [-0.3, -0.25) is 9.59 Å². The van der Waals surface area contributed by atoms with Crippen LogP contribution in [0.3, 0.4) is 0 Å². The molecule has 2 amide bonds. The molecule has 1 aromatic heterocycles. The van der Waals surface area contributed by atoms with E-state index in [4.69, 9.17) is 0 Å². The highest BCUT2D eigenvalue weighted by Crippen LogP contribution is 2.35. The van der Waals surface area contributed by atoms with E-state index in [1.165, 1.54) is 10.4 Å². The largest absolute Gasteiger partial charge is 0.352 e. The SMILES string of the molecule is C=CCNC(=O)[C@]1(Cc2ccc(-c3cccs3)cc2)CCCN(C(=O)C(C)C)C1. The molecule has 1 aliphatic heterocycles. The lowest BCUT2D eigenvalue weighted by Crippen LogP contribution is -2.55. The molecule has 0 spiro atoms. The van der Waals surface area contributed by atoms with E-state index in [0.717, 1.165) is 24.9 Å². The second kappa shape index (κ2) is 9.40. The highest BCUT2D eigenvalue weighted by molar-refractivity contribution is 7.13. The second-order valence-corrected chi connectivity index (χ2v) is 9.10. The van der Waals surface area contributed by atoms with Gasteiger partial charge in [0.2, 0.25) is 11.8 Å². The van der Waals surface area contributed by atoms with Crippen molar-refractivity contribution in [3.05, 3.63) is 60.0 Å². The maximum absolute atomic E-state index is 13.2. The van der Waals surface area contributed by atoms with E-state index >= 15 is 0 Å². The van der Waals surface area contributed by atoms with Crippen molar-refractivity contribution in [1.29, 1.82) is 0 Å². The molecule has 1 aliphatic rings. The minimum absolute atomic E-state index is 0.0148. The summed E-state index contributed by atoms with van der Waals surface area (Å²) in [4.78, 5) is 28.9. The van der Waals surface area contributed by atoms with Crippen LogP contribution in [-0.4, -0.2) is 36.3 Å². The van der Waals surface area contributed by atoms with Crippen molar-refractivity contribution < 1.29 is 9.59 Å². The zero-order valence-corrected chi connectivity index (χ0v) is 18.1. The van der Waals surface area contributed by atoms with Crippen molar-refractivity contribution in [2.24, 2.45) is 11.3 Å². The van der Waals surface area contributed by atoms with E-state index < -0.39 is 5.41 Å². The lowest BCUT2D eigenvalue weighted by atomic mass is 9.74. The van der Waals surface area contributed by atoms with Gasteiger partial charge >= 0.3 is 0 Å². The maximum Gasteiger partial charge on any atom is 0.228 e. The van der Waals surface area contributed by atoms with Gasteiger partial charge in [0.15, 0.2) is 0 Å². The number of nitrogens with one attached hydrogen (secondary N) is 1. The summed E-state index contributed by atoms with van der Waals surface area (Å²) < 4.78 is 0. The standard InChI is InChI=1S/C24H30N2O2S/c1-4-13-25-23(28)24(12-6-14-26(17-24)22(27)18(2)3)16-19-8-10-20(11-9-19)21-7-5-15-29-21/h4-5,7-11,15,18H,1,6,12-14,16-17H2,2-3H3,(H,25,28)/t24-/m0/s1. The topological polar surface area (TPSA) is 49.4 Å². The minimum Gasteiger partial charge on any atom is -0.352 e. The number of hydrogen-bond donors (Lipinski definition) is 1. The third-order valence-electron chi connectivity index (χ3n) is 5.57. The van der Waals surface area contributed by atoms with Gasteiger partial charge in [-0.25, -0.2) is 0 Å². The predicted molar refractivity (Wildman–Crippen MR) is 120 cm³/mol. The number of thiophene rings is 1. The molecule has 3 rings (SSSR count). The third-order valence-corrected chi connectivity index (χ3v) is 6.49. The molecule has 5 heteroatoms. The fraction of sp³-hybridized carbons (Fsp3) is 0.417. The van der Waals surface area contributed by atoms with Crippen molar-refractivity contribution in [2.45, 2.75) is 33.1 Å². The van der Waals surface area contributed by atoms with E-state index in [9.17, 15) is 9.59 Å². The molecular weight excluding hydrogens is 380 g/mol. The van der Waals surface area contributed by atoms with E-state index in [1.807, 2.05) is 18.7 Å². The molecule has 4 nitrogen and oxygen atoms in total. The van der Waals surface area contributed by atoms with Gasteiger partial charge in [0, 0.05) is 30.4 Å². The first-order valence-corrected chi connectivity index (χ1v) is 11.1. The summed E-state index contributed by atoms with van der Waals surface area (Å²) in [6, 6.07) is 12.6. The number of hydrogen-bond acceptors (Lipinski definition) is 3. The molecule has 0 radical (unpaired) electrons. The molecular formula is C24H30N2O2S. The molecule has 1 aromatic carbocycles. The summed E-state index contributed by atoms with van der Waals surface area (Å²) in [5.74, 6) is 0.0757. The molecule has 0 bridgehead atoms. The molecule has 154 valence electrons. The van der Waals surface area contributed by atoms with Gasteiger partial charge in [-0.1, -0.05) is 50.3 Å². The van der Waals surface area contributed by atoms with E-state index in [-0.39, 0.29) is 17.7 Å². The van der Waals surface area contributed by atoms with Gasteiger partial charge in [-0.05, 0) is 41.8 Å². The van der Waals surface area contributed by atoms with Gasteiger partial charge in [0.1, 0.15) is 0 Å². The summed E-state index contributed by atoms with van der Waals surface area (Å²) in [6.45, 7) is 9.18. The monoisotopic (exact) mass is 410 g/mol. The van der Waals surface area contributed by atoms with Crippen LogP contribution < -0.4 is 5.32 Å². The Hall–Kier alpha value is -2.40. The van der Waals surface area contributed by atoms with Crippen LogP contribution in [0, 0.1) is 11.3 Å². The van der Waals surface area contributed by atoms with Crippen molar-refractivity contribution in [3.8, 4) is 10.4 Å². The molecule has 0 aliphatic carbocycles. The Bertz CT molecular complexity index is 842. The van der Waals surface area contributed by atoms with Crippen LogP contribution in [0.2, 0.25) is 0 Å². The van der Waals surface area contributed by atoms with Gasteiger partial charge in [0.05, 0.1) is 5.41 Å². The number of likely N-dealkylation sites (tertiary alicyclic amines) is 1. The summed E-state index contributed by atoms with van der Waals surface area (Å²) in [6.07, 6.45) is 3.95. The van der Waals surface area contributed by atoms with E-state index in [1.54, 1.807) is 17.4 Å². The van der Waals surface area contributed by atoms with Gasteiger partial charge in [0.25, 0.3) is 0 Å². The number of carbonyl (C=O) groups excluding carboxylic acids is 2. The molecule has 1 N–H and O–H groups in total. The molecule has 2 aromatic rings. The normalized spacial score (nSPS) is 19.2. The van der Waals surface area contributed by atoms with Gasteiger partial charge in [-0.2, -0.15) is 0 Å². The summed E-state index contributed by atoms with van der Waals surface area (Å²) in [5.41, 5.74) is 1.71. The van der Waals surface area contributed by atoms with Crippen LogP contribution in [0.1, 0.15) is 32.3 Å². The zero-order valence-electron chi connectivity index (χ0n) is 17.3. The first kappa shape index (κ1) is 21.3. The number of carbonyl (C=O) groups is 2. The third kappa shape index (κ3) is 4.96. The van der Waals surface area contributed by atoms with Crippen molar-refractivity contribution in [1.82, 2.24) is 10.2 Å². The number of amides is 2. The average Bonchev–Trinajstić information content (AvgIpc) is 3.27. The zero-order chi connectivity index (χ0) is 20.9. The molecule has 1 atom stereocenters. The summed E-state index contributed by atoms with van der Waals surface area (Å²) in [7, 11) is 0. The van der Waals surface area contributed by atoms with Crippen LogP contribution in [0.25, 0.3) is 10.4 Å². The van der Waals surface area contributed by atoms with Crippen LogP contribution in [0.5, 0.6) is 0 Å². The Morgan fingerprint density at radius 2 is 2.03 bits per heavy atom. The lowest BCUT2D eigenvalue weighted by Gasteiger charge is -2.42. The van der Waals surface area contributed by atoms with E-state index in [2.05, 4.69) is 53.7 Å². The number of benzene rings is 1. The second-order valence-electron chi connectivity index (χ2n) is 8.15. The number of piperidine rings is 1. The van der Waals surface area contributed by atoms with Crippen LogP contribution in [-0.2, 0) is 16.0 Å². The average molecular weight is 411 g/mol. The minimum atomic E-state index is -0.601. The van der Waals surface area contributed by atoms with Gasteiger partial charge < -0.3 is 10.2 Å². The Kier molecular flexibility index (Phi) is 6.91. The van der Waals surface area contributed by atoms with Crippen molar-refractivity contribution >= 4 is 23.2 Å². The van der Waals surface area contributed by atoms with Crippen molar-refractivity contribution in [2.75, 3.05) is 19.6 Å². The molecule has 1 fully saturated rings. The molecule has 1 saturated heterocycles. The Balaban J connectivity index is 1.84. The molecule has 29 heavy (non-hydrogen) atoms. The first-order valence-electron chi connectivity index (χ1n) is 10.3. The fourth-order valence-corrected chi connectivity index (χ4v) is 4.80. The summed E-state index contributed by atoms with van der Waals surface area (Å²) in [5, 5.41) is 5.07. The fourth-order valence-electron chi connectivity index (χ4n) is 4.07. The van der Waals surface area contributed by atoms with Crippen LogP contribution >= 0.6 is 11.3 Å². The maximum atomic E-state index is 13.2. The van der Waals surface area contributed by atoms with Crippen molar-refractivity contribution in [3.63, 3.8) is 0 Å². The molecule has 0 unspecified atom stereocenters. The van der Waals surface area contributed by atoms with Crippen LogP contribution in [0.4, 0.5) is 0 Å². The Labute approximate surface area is 177 Å². The number of nitrogens with zero attached hydrogens (tertiary/aromatic N) is 1. The lowest BCUT2D eigenvalue weighted by molar-refractivity contribution is -0.143. The predicted octanol–water partition coefficient (Wildman–Crippen LogP) is 4.52. The molecule has 0 saturated carbocycles. The molecule has 2 heterocycles. The highest BCUT2D eigenvalue weighted by Gasteiger charge is 2.43.